The summed E-state index contributed by atoms with van der Waals surface area (Å²) in [5.41, 5.74) is 2.43. The number of benzene rings is 1. The summed E-state index contributed by atoms with van der Waals surface area (Å²) < 4.78 is 25.7. The first-order chi connectivity index (χ1) is 9.58. The number of sulfone groups is 1. The first-order valence-electron chi connectivity index (χ1n) is 7.03. The van der Waals surface area contributed by atoms with Crippen LogP contribution in [-0.2, 0) is 23.4 Å². The zero-order chi connectivity index (χ0) is 14.2. The Hall–Kier alpha value is -1.33. The average Bonchev–Trinajstić information content (AvgIpc) is 2.92. The third-order valence-corrected chi connectivity index (χ3v) is 6.41. The molecule has 1 N–H and O–H groups in total. The van der Waals surface area contributed by atoms with Crippen molar-refractivity contribution in [3.05, 3.63) is 36.0 Å². The Morgan fingerprint density at radius 1 is 1.35 bits per heavy atom. The number of hydrogen-bond donors (Lipinski definition) is 1. The number of nitrogens with zero attached hydrogens (tertiary/aromatic N) is 1. The van der Waals surface area contributed by atoms with Crippen molar-refractivity contribution in [2.45, 2.75) is 24.6 Å². The van der Waals surface area contributed by atoms with E-state index < -0.39 is 9.84 Å². The second kappa shape index (κ2) is 5.22. The van der Waals surface area contributed by atoms with Gasteiger partial charge in [-0.3, -0.25) is 0 Å². The highest BCUT2D eigenvalue weighted by Gasteiger charge is 2.30. The number of nitrogens with one attached hydrogen (secondary N) is 1. The molecule has 5 heteroatoms. The van der Waals surface area contributed by atoms with Crippen LogP contribution in [0.4, 0.5) is 0 Å². The van der Waals surface area contributed by atoms with Crippen LogP contribution in [0.1, 0.15) is 18.4 Å². The van der Waals surface area contributed by atoms with E-state index in [4.69, 9.17) is 0 Å². The lowest BCUT2D eigenvalue weighted by atomic mass is 10.2. The summed E-state index contributed by atoms with van der Waals surface area (Å²) in [6, 6.07) is 8.27. The molecule has 3 rings (SSSR count). The lowest BCUT2D eigenvalue weighted by Gasteiger charge is -2.10. The normalized spacial score (nSPS) is 21.6. The Kier molecular flexibility index (Phi) is 3.56. The highest BCUT2D eigenvalue weighted by molar-refractivity contribution is 7.92. The summed E-state index contributed by atoms with van der Waals surface area (Å²) in [7, 11) is -0.812. The van der Waals surface area contributed by atoms with Gasteiger partial charge in [-0.1, -0.05) is 18.2 Å². The van der Waals surface area contributed by atoms with Crippen molar-refractivity contribution in [2.24, 2.45) is 7.05 Å². The van der Waals surface area contributed by atoms with E-state index in [2.05, 4.69) is 28.2 Å². The number of hydrogen-bond acceptors (Lipinski definition) is 3. The Morgan fingerprint density at radius 2 is 2.15 bits per heavy atom. The summed E-state index contributed by atoms with van der Waals surface area (Å²) in [6.45, 7) is 1.28. The van der Waals surface area contributed by atoms with Crippen LogP contribution >= 0.6 is 0 Å². The highest BCUT2D eigenvalue weighted by Crippen LogP contribution is 2.21. The van der Waals surface area contributed by atoms with Crippen LogP contribution < -0.4 is 5.32 Å². The van der Waals surface area contributed by atoms with Gasteiger partial charge in [-0.05, 0) is 24.5 Å². The van der Waals surface area contributed by atoms with Gasteiger partial charge in [-0.25, -0.2) is 8.42 Å². The standard InChI is InChI=1S/C15H20N2O2S/c1-17-11-12(14-6-2-3-7-15(14)17)9-16-10-13-5-4-8-20(13,18)19/h2-3,6-7,11,13,16H,4-5,8-10H2,1H3. The van der Waals surface area contributed by atoms with Crippen LogP contribution in [0, 0.1) is 0 Å². The quantitative estimate of drug-likeness (QED) is 0.935. The minimum absolute atomic E-state index is 0.197. The van der Waals surface area contributed by atoms with Gasteiger partial charge in [0.1, 0.15) is 0 Å². The van der Waals surface area contributed by atoms with Gasteiger partial charge in [0, 0.05) is 37.2 Å². The number of rotatable bonds is 4. The molecular formula is C15H20N2O2S. The zero-order valence-electron chi connectivity index (χ0n) is 11.7. The molecular weight excluding hydrogens is 272 g/mol. The molecule has 0 radical (unpaired) electrons. The Bertz CT molecular complexity index is 719. The van der Waals surface area contributed by atoms with Crippen LogP contribution in [0.25, 0.3) is 10.9 Å². The Balaban J connectivity index is 1.69. The Labute approximate surface area is 119 Å². The van der Waals surface area contributed by atoms with Gasteiger partial charge in [0.2, 0.25) is 0 Å². The van der Waals surface area contributed by atoms with E-state index in [-0.39, 0.29) is 5.25 Å². The maximum atomic E-state index is 11.8. The monoisotopic (exact) mass is 292 g/mol. The summed E-state index contributed by atoms with van der Waals surface area (Å²) in [5.74, 6) is 0.355. The number of aromatic nitrogens is 1. The highest BCUT2D eigenvalue weighted by atomic mass is 32.2. The maximum Gasteiger partial charge on any atom is 0.154 e. The molecule has 1 aliphatic heterocycles. The molecule has 2 aromatic rings. The third-order valence-electron chi connectivity index (χ3n) is 4.13. The second-order valence-electron chi connectivity index (χ2n) is 5.54. The lowest BCUT2D eigenvalue weighted by molar-refractivity contribution is 0.574. The molecule has 0 amide bonds. The largest absolute Gasteiger partial charge is 0.350 e. The summed E-state index contributed by atoms with van der Waals surface area (Å²) in [6.07, 6.45) is 3.72. The van der Waals surface area contributed by atoms with Gasteiger partial charge in [0.05, 0.1) is 11.0 Å². The van der Waals surface area contributed by atoms with E-state index in [9.17, 15) is 8.42 Å². The van der Waals surface area contributed by atoms with E-state index in [0.717, 1.165) is 12.8 Å². The van der Waals surface area contributed by atoms with E-state index >= 15 is 0 Å². The molecule has 4 nitrogen and oxygen atoms in total. The predicted octanol–water partition coefficient (Wildman–Crippen LogP) is 1.85. The van der Waals surface area contributed by atoms with E-state index in [1.807, 2.05) is 19.2 Å². The fourth-order valence-corrected chi connectivity index (χ4v) is 4.82. The fraction of sp³-hybridized carbons (Fsp3) is 0.467. The van der Waals surface area contributed by atoms with Gasteiger partial charge in [-0.15, -0.1) is 0 Å². The van der Waals surface area contributed by atoms with Gasteiger partial charge in [-0.2, -0.15) is 0 Å². The van der Waals surface area contributed by atoms with Gasteiger partial charge in [0.15, 0.2) is 9.84 Å². The van der Waals surface area contributed by atoms with Crippen molar-refractivity contribution in [2.75, 3.05) is 12.3 Å². The molecule has 2 heterocycles. The minimum Gasteiger partial charge on any atom is -0.350 e. The van der Waals surface area contributed by atoms with Crippen molar-refractivity contribution in [1.82, 2.24) is 9.88 Å². The third kappa shape index (κ3) is 2.47. The van der Waals surface area contributed by atoms with E-state index in [1.54, 1.807) is 0 Å². The van der Waals surface area contributed by atoms with Crippen LogP contribution in [0.2, 0.25) is 0 Å². The molecule has 1 saturated heterocycles. The predicted molar refractivity (Wildman–Crippen MR) is 81.4 cm³/mol. The summed E-state index contributed by atoms with van der Waals surface area (Å²) >= 11 is 0. The molecule has 0 saturated carbocycles. The van der Waals surface area contributed by atoms with Crippen molar-refractivity contribution in [1.29, 1.82) is 0 Å². The minimum atomic E-state index is -2.85. The molecule has 1 aromatic carbocycles. The van der Waals surface area contributed by atoms with E-state index in [1.165, 1.54) is 16.5 Å². The zero-order valence-corrected chi connectivity index (χ0v) is 12.5. The molecule has 1 aliphatic rings. The van der Waals surface area contributed by atoms with Gasteiger partial charge < -0.3 is 9.88 Å². The lowest BCUT2D eigenvalue weighted by Crippen LogP contribution is -2.30. The van der Waals surface area contributed by atoms with Crippen LogP contribution in [0.15, 0.2) is 30.5 Å². The SMILES string of the molecule is Cn1cc(CNCC2CCCS2(=O)=O)c2ccccc21. The fourth-order valence-electron chi connectivity index (χ4n) is 3.02. The first-order valence-corrected chi connectivity index (χ1v) is 8.75. The summed E-state index contributed by atoms with van der Waals surface area (Å²) in [4.78, 5) is 0. The molecule has 1 aromatic heterocycles. The molecule has 1 fully saturated rings. The summed E-state index contributed by atoms with van der Waals surface area (Å²) in [5, 5.41) is 4.35. The molecule has 1 unspecified atom stereocenters. The number of aryl methyl sites for hydroxylation is 1. The molecule has 0 spiro atoms. The van der Waals surface area contributed by atoms with Crippen LogP contribution in [-0.4, -0.2) is 30.5 Å². The van der Waals surface area contributed by atoms with Crippen molar-refractivity contribution < 1.29 is 8.42 Å². The Morgan fingerprint density at radius 3 is 2.90 bits per heavy atom. The number of fused-ring (bicyclic) bond motifs is 1. The molecule has 108 valence electrons. The van der Waals surface area contributed by atoms with Crippen molar-refractivity contribution in [3.63, 3.8) is 0 Å². The average molecular weight is 292 g/mol. The molecule has 0 aliphatic carbocycles. The number of para-hydroxylation sites is 1. The van der Waals surface area contributed by atoms with Gasteiger partial charge >= 0.3 is 0 Å². The molecule has 1 atom stereocenters. The maximum absolute atomic E-state index is 11.8. The first kappa shape index (κ1) is 13.6. The van der Waals surface area contributed by atoms with Crippen LogP contribution in [0.3, 0.4) is 0 Å². The van der Waals surface area contributed by atoms with E-state index in [0.29, 0.717) is 18.8 Å². The molecule has 20 heavy (non-hydrogen) atoms. The topological polar surface area (TPSA) is 51.1 Å². The van der Waals surface area contributed by atoms with Crippen molar-refractivity contribution in [3.8, 4) is 0 Å². The molecule has 0 bridgehead atoms. The van der Waals surface area contributed by atoms with Crippen molar-refractivity contribution >= 4 is 20.7 Å². The second-order valence-corrected chi connectivity index (χ2v) is 7.95. The smallest absolute Gasteiger partial charge is 0.154 e. The van der Waals surface area contributed by atoms with Crippen LogP contribution in [0.5, 0.6) is 0 Å². The van der Waals surface area contributed by atoms with Gasteiger partial charge in [0.25, 0.3) is 0 Å².